The first-order chi connectivity index (χ1) is 13.9. The van der Waals surface area contributed by atoms with E-state index in [2.05, 4.69) is 15.1 Å². The molecule has 1 aliphatic heterocycles. The minimum atomic E-state index is -0.347. The summed E-state index contributed by atoms with van der Waals surface area (Å²) in [6.45, 7) is 8.51. The molecular weight excluding hydrogens is 372 g/mol. The Morgan fingerprint density at radius 1 is 1.21 bits per heavy atom. The van der Waals surface area contributed by atoms with Crippen LogP contribution < -0.4 is 10.2 Å². The minimum absolute atomic E-state index is 0.141. The second kappa shape index (κ2) is 9.49. The van der Waals surface area contributed by atoms with E-state index in [-0.39, 0.29) is 11.9 Å². The summed E-state index contributed by atoms with van der Waals surface area (Å²) >= 11 is 0. The van der Waals surface area contributed by atoms with Gasteiger partial charge in [-0.05, 0) is 44.2 Å². The molecule has 0 atom stereocenters. The number of hydrogen-bond donors (Lipinski definition) is 1. The van der Waals surface area contributed by atoms with Crippen LogP contribution in [0.1, 0.15) is 23.9 Å². The van der Waals surface area contributed by atoms with Crippen LogP contribution in [0.15, 0.2) is 35.4 Å². The summed E-state index contributed by atoms with van der Waals surface area (Å²) in [5.74, 6) is 0.0201. The number of nitrogens with one attached hydrogen (secondary N) is 1. The summed E-state index contributed by atoms with van der Waals surface area (Å²) in [6, 6.07) is 9.31. The van der Waals surface area contributed by atoms with Gasteiger partial charge in [0.15, 0.2) is 0 Å². The van der Waals surface area contributed by atoms with Crippen molar-refractivity contribution in [1.29, 1.82) is 0 Å². The van der Waals surface area contributed by atoms with Gasteiger partial charge >= 0.3 is 5.97 Å². The quantitative estimate of drug-likeness (QED) is 0.347. The average molecular weight is 398 g/mol. The van der Waals surface area contributed by atoms with Gasteiger partial charge in [-0.3, -0.25) is 14.5 Å². The molecule has 2 heterocycles. The zero-order valence-electron chi connectivity index (χ0n) is 17.0. The highest BCUT2D eigenvalue weighted by atomic mass is 16.5. The number of morpholine rings is 1. The summed E-state index contributed by atoms with van der Waals surface area (Å²) < 4.78 is 12.4. The van der Waals surface area contributed by atoms with Crippen LogP contribution in [0.25, 0.3) is 5.69 Å². The van der Waals surface area contributed by atoms with Gasteiger partial charge in [0.25, 0.3) is 5.91 Å². The van der Waals surface area contributed by atoms with Crippen molar-refractivity contribution < 1.29 is 19.1 Å². The number of ether oxygens (including phenoxy) is 2. The Balaban J connectivity index is 1.64. The molecule has 1 amide bonds. The average Bonchev–Trinajstić information content (AvgIpc) is 2.96. The Morgan fingerprint density at radius 3 is 2.55 bits per heavy atom. The van der Waals surface area contributed by atoms with Gasteiger partial charge in [-0.2, -0.15) is 5.10 Å². The highest BCUT2D eigenvalue weighted by molar-refractivity contribution is 5.84. The molecule has 0 spiro atoms. The van der Waals surface area contributed by atoms with Crippen molar-refractivity contribution >= 4 is 18.1 Å². The van der Waals surface area contributed by atoms with Gasteiger partial charge in [-0.15, -0.1) is 0 Å². The maximum absolute atomic E-state index is 12.0. The minimum Gasteiger partial charge on any atom is -0.427 e. The van der Waals surface area contributed by atoms with Gasteiger partial charge in [0, 0.05) is 42.7 Å². The molecule has 1 aromatic heterocycles. The maximum atomic E-state index is 12.0. The molecule has 0 bridgehead atoms. The Bertz CT molecular complexity index is 896. The van der Waals surface area contributed by atoms with E-state index >= 15 is 0 Å². The van der Waals surface area contributed by atoms with Crippen LogP contribution in [-0.4, -0.2) is 60.4 Å². The monoisotopic (exact) mass is 398 g/mol. The Kier molecular flexibility index (Phi) is 6.79. The second-order valence-corrected chi connectivity index (χ2v) is 6.93. The first-order valence-corrected chi connectivity index (χ1v) is 9.54. The SMILES string of the molecule is CC(=O)Oc1ccc(-n2c(C)cc(/C=N/NC(=O)CN3CCOCC3)c2C)cc1. The van der Waals surface area contributed by atoms with Crippen LogP contribution in [0.2, 0.25) is 0 Å². The molecule has 154 valence electrons. The molecule has 0 saturated carbocycles. The van der Waals surface area contributed by atoms with Crippen LogP contribution in [0.4, 0.5) is 0 Å². The third-order valence-corrected chi connectivity index (χ3v) is 4.69. The molecule has 8 heteroatoms. The summed E-state index contributed by atoms with van der Waals surface area (Å²) in [6.07, 6.45) is 1.66. The molecule has 3 rings (SSSR count). The highest BCUT2D eigenvalue weighted by Crippen LogP contribution is 2.22. The van der Waals surface area contributed by atoms with Gasteiger partial charge in [-0.25, -0.2) is 5.43 Å². The van der Waals surface area contributed by atoms with Crippen molar-refractivity contribution in [2.45, 2.75) is 20.8 Å². The van der Waals surface area contributed by atoms with Gasteiger partial charge in [-0.1, -0.05) is 0 Å². The molecule has 1 saturated heterocycles. The molecule has 0 radical (unpaired) electrons. The number of carbonyl (C=O) groups excluding carboxylic acids is 2. The summed E-state index contributed by atoms with van der Waals surface area (Å²) in [5, 5.41) is 4.11. The molecule has 1 fully saturated rings. The van der Waals surface area contributed by atoms with E-state index in [1.54, 1.807) is 18.3 Å². The lowest BCUT2D eigenvalue weighted by Crippen LogP contribution is -2.42. The lowest BCUT2D eigenvalue weighted by Gasteiger charge is -2.25. The number of benzene rings is 1. The van der Waals surface area contributed by atoms with E-state index < -0.39 is 0 Å². The molecule has 2 aromatic rings. The van der Waals surface area contributed by atoms with Crippen molar-refractivity contribution in [3.05, 3.63) is 47.3 Å². The van der Waals surface area contributed by atoms with Crippen molar-refractivity contribution in [1.82, 2.24) is 14.9 Å². The van der Waals surface area contributed by atoms with Crippen LogP contribution in [0.5, 0.6) is 5.75 Å². The van der Waals surface area contributed by atoms with E-state index in [1.807, 2.05) is 36.9 Å². The Labute approximate surface area is 170 Å². The molecule has 0 unspecified atom stereocenters. The van der Waals surface area contributed by atoms with Gasteiger partial charge in [0.1, 0.15) is 5.75 Å². The fourth-order valence-electron chi connectivity index (χ4n) is 3.32. The standard InChI is InChI=1S/C21H26N4O4/c1-15-12-18(13-22-23-21(27)14-24-8-10-28-11-9-24)16(2)25(15)19-4-6-20(7-5-19)29-17(3)26/h4-7,12-13H,8-11,14H2,1-3H3,(H,23,27)/b22-13+. The predicted octanol–water partition coefficient (Wildman–Crippen LogP) is 1.80. The van der Waals surface area contributed by atoms with Crippen LogP contribution in [0.3, 0.4) is 0 Å². The van der Waals surface area contributed by atoms with E-state index in [9.17, 15) is 9.59 Å². The molecular formula is C21H26N4O4. The topological polar surface area (TPSA) is 85.2 Å². The molecule has 1 aromatic carbocycles. The summed E-state index contributed by atoms with van der Waals surface area (Å²) in [5.41, 5.74) is 6.48. The van der Waals surface area contributed by atoms with E-state index in [4.69, 9.17) is 9.47 Å². The van der Waals surface area contributed by atoms with Crippen molar-refractivity contribution in [2.75, 3.05) is 32.8 Å². The molecule has 8 nitrogen and oxygen atoms in total. The summed E-state index contributed by atoms with van der Waals surface area (Å²) in [7, 11) is 0. The molecule has 1 aliphatic rings. The molecule has 29 heavy (non-hydrogen) atoms. The second-order valence-electron chi connectivity index (χ2n) is 6.93. The van der Waals surface area contributed by atoms with E-state index in [0.29, 0.717) is 25.5 Å². The normalized spacial score (nSPS) is 14.9. The Hall–Kier alpha value is -2.97. The zero-order valence-corrected chi connectivity index (χ0v) is 17.0. The smallest absolute Gasteiger partial charge is 0.308 e. The van der Waals surface area contributed by atoms with Gasteiger partial charge in [0.05, 0.1) is 26.0 Å². The maximum Gasteiger partial charge on any atom is 0.308 e. The number of hydrogen-bond acceptors (Lipinski definition) is 6. The first kappa shape index (κ1) is 20.8. The van der Waals surface area contributed by atoms with Crippen molar-refractivity contribution in [3.63, 3.8) is 0 Å². The largest absolute Gasteiger partial charge is 0.427 e. The van der Waals surface area contributed by atoms with Crippen LogP contribution in [-0.2, 0) is 14.3 Å². The lowest BCUT2D eigenvalue weighted by molar-refractivity contribution is -0.131. The van der Waals surface area contributed by atoms with Crippen LogP contribution in [0, 0.1) is 13.8 Å². The fraction of sp³-hybridized carbons (Fsp3) is 0.381. The number of rotatable bonds is 6. The highest BCUT2D eigenvalue weighted by Gasteiger charge is 2.14. The third kappa shape index (κ3) is 5.52. The Morgan fingerprint density at radius 2 is 1.90 bits per heavy atom. The lowest BCUT2D eigenvalue weighted by atomic mass is 10.2. The van der Waals surface area contributed by atoms with E-state index in [1.165, 1.54) is 6.92 Å². The number of carbonyl (C=O) groups is 2. The fourth-order valence-corrected chi connectivity index (χ4v) is 3.32. The number of amides is 1. The van der Waals surface area contributed by atoms with Gasteiger partial charge < -0.3 is 14.0 Å². The third-order valence-electron chi connectivity index (χ3n) is 4.69. The number of aromatic nitrogens is 1. The van der Waals surface area contributed by atoms with Gasteiger partial charge in [0.2, 0.25) is 0 Å². The number of nitrogens with zero attached hydrogens (tertiary/aromatic N) is 3. The predicted molar refractivity (Wildman–Crippen MR) is 110 cm³/mol. The number of aryl methyl sites for hydroxylation is 1. The van der Waals surface area contributed by atoms with Crippen molar-refractivity contribution in [3.8, 4) is 11.4 Å². The number of esters is 1. The first-order valence-electron chi connectivity index (χ1n) is 9.54. The summed E-state index contributed by atoms with van der Waals surface area (Å²) in [4.78, 5) is 25.1. The van der Waals surface area contributed by atoms with Crippen LogP contribution >= 0.6 is 0 Å². The number of hydrazone groups is 1. The zero-order chi connectivity index (χ0) is 20.8. The van der Waals surface area contributed by atoms with Crippen molar-refractivity contribution in [2.24, 2.45) is 5.10 Å². The molecule has 1 N–H and O–H groups in total. The molecule has 0 aliphatic carbocycles. The van der Waals surface area contributed by atoms with E-state index in [0.717, 1.165) is 35.7 Å².